The van der Waals surface area contributed by atoms with E-state index in [2.05, 4.69) is 26.2 Å². The molecule has 0 aliphatic carbocycles. The number of rotatable bonds is 4. The van der Waals surface area contributed by atoms with Gasteiger partial charge in [-0.05, 0) is 66.2 Å². The number of hydrogen-bond acceptors (Lipinski definition) is 5. The van der Waals surface area contributed by atoms with E-state index in [1.54, 1.807) is 32.4 Å². The van der Waals surface area contributed by atoms with Crippen molar-refractivity contribution in [1.29, 1.82) is 0 Å². The molecular weight excluding hydrogens is 452 g/mol. The Bertz CT molecular complexity index is 976. The first-order valence-corrected chi connectivity index (χ1v) is 9.87. The largest absolute Gasteiger partial charge is 0.493 e. The van der Waals surface area contributed by atoms with E-state index < -0.39 is 0 Å². The van der Waals surface area contributed by atoms with Crippen LogP contribution in [0.1, 0.15) is 11.1 Å². The molecule has 0 spiro atoms. The first-order chi connectivity index (χ1) is 12.9. The number of benzene rings is 2. The number of hydrogen-bond donors (Lipinski definition) is 1. The van der Waals surface area contributed by atoms with Crippen LogP contribution < -0.4 is 14.8 Å². The van der Waals surface area contributed by atoms with Crippen LogP contribution >= 0.6 is 39.3 Å². The zero-order chi connectivity index (χ0) is 19.6. The summed E-state index contributed by atoms with van der Waals surface area (Å²) in [6.07, 6.45) is 1.78. The van der Waals surface area contributed by atoms with E-state index >= 15 is 0 Å². The lowest BCUT2D eigenvalue weighted by molar-refractivity contribution is -0.115. The van der Waals surface area contributed by atoms with Crippen molar-refractivity contribution in [3.05, 3.63) is 55.9 Å². The maximum Gasteiger partial charge on any atom is 0.264 e. The van der Waals surface area contributed by atoms with Crippen molar-refractivity contribution in [3.63, 3.8) is 0 Å². The van der Waals surface area contributed by atoms with Gasteiger partial charge in [0.05, 0.1) is 24.8 Å². The third kappa shape index (κ3) is 4.48. The van der Waals surface area contributed by atoms with Crippen molar-refractivity contribution in [2.45, 2.75) is 6.92 Å². The molecule has 3 rings (SSSR count). The van der Waals surface area contributed by atoms with Gasteiger partial charge in [-0.1, -0.05) is 27.5 Å². The first-order valence-electron chi connectivity index (χ1n) is 7.88. The number of aliphatic imine (C=N–C) groups is 1. The van der Waals surface area contributed by atoms with Crippen molar-refractivity contribution in [2.75, 3.05) is 14.2 Å². The monoisotopic (exact) mass is 466 g/mol. The SMILES string of the molecule is COc1cc(Br)c(/C=C2\SC(=Nc3ccc(Cl)cc3C)NC2=O)cc1OC. The smallest absolute Gasteiger partial charge is 0.264 e. The molecule has 5 nitrogen and oxygen atoms in total. The standard InChI is InChI=1S/C19H16BrClN2O3S/c1-10-6-12(21)4-5-14(10)22-19-23-18(24)17(27-19)8-11-7-15(25-2)16(26-3)9-13(11)20/h4-9H,1-3H3,(H,22,23,24)/b17-8-. The molecule has 8 heteroatoms. The Morgan fingerprint density at radius 2 is 1.89 bits per heavy atom. The van der Waals surface area contributed by atoms with E-state index in [-0.39, 0.29) is 5.91 Å². The van der Waals surface area contributed by atoms with Gasteiger partial charge in [-0.2, -0.15) is 0 Å². The first kappa shape index (κ1) is 19.8. The van der Waals surface area contributed by atoms with Crippen LogP contribution in [0.15, 0.2) is 44.7 Å². The number of ether oxygens (including phenoxy) is 2. The van der Waals surface area contributed by atoms with E-state index in [1.807, 2.05) is 25.1 Å². The molecule has 1 fully saturated rings. The van der Waals surface area contributed by atoms with E-state index in [0.29, 0.717) is 26.6 Å². The van der Waals surface area contributed by atoms with Crippen molar-refractivity contribution < 1.29 is 14.3 Å². The summed E-state index contributed by atoms with van der Waals surface area (Å²) in [4.78, 5) is 17.4. The number of nitrogens with one attached hydrogen (secondary N) is 1. The predicted octanol–water partition coefficient (Wildman–Crippen LogP) is 5.32. The van der Waals surface area contributed by atoms with Crippen molar-refractivity contribution in [2.24, 2.45) is 4.99 Å². The molecule has 2 aromatic carbocycles. The molecule has 1 aliphatic heterocycles. The molecule has 0 unspecified atom stereocenters. The Morgan fingerprint density at radius 1 is 1.19 bits per heavy atom. The van der Waals surface area contributed by atoms with Crippen LogP contribution in [0, 0.1) is 6.92 Å². The Balaban J connectivity index is 1.90. The van der Waals surface area contributed by atoms with Crippen LogP contribution in [-0.2, 0) is 4.79 Å². The molecule has 27 heavy (non-hydrogen) atoms. The molecule has 140 valence electrons. The molecule has 0 atom stereocenters. The van der Waals surface area contributed by atoms with Gasteiger partial charge < -0.3 is 14.8 Å². The van der Waals surface area contributed by atoms with Crippen molar-refractivity contribution >= 4 is 62.1 Å². The molecule has 1 amide bonds. The number of amides is 1. The minimum absolute atomic E-state index is 0.202. The Labute approximate surface area is 174 Å². The van der Waals surface area contributed by atoms with Crippen LogP contribution in [0.2, 0.25) is 5.02 Å². The van der Waals surface area contributed by atoms with Gasteiger partial charge in [0, 0.05) is 9.50 Å². The highest BCUT2D eigenvalue weighted by Crippen LogP contribution is 2.36. The number of amidine groups is 1. The number of methoxy groups -OCH3 is 2. The summed E-state index contributed by atoms with van der Waals surface area (Å²) in [5, 5.41) is 3.96. The molecule has 1 heterocycles. The lowest BCUT2D eigenvalue weighted by Gasteiger charge is -2.10. The average Bonchev–Trinajstić information content (AvgIpc) is 2.98. The molecule has 2 aromatic rings. The third-order valence-electron chi connectivity index (χ3n) is 3.82. The fourth-order valence-corrected chi connectivity index (χ4v) is 3.95. The Kier molecular flexibility index (Phi) is 6.14. The Hall–Kier alpha value is -1.96. The summed E-state index contributed by atoms with van der Waals surface area (Å²) in [6.45, 7) is 1.92. The van der Waals surface area contributed by atoms with E-state index in [0.717, 1.165) is 21.3 Å². The zero-order valence-electron chi connectivity index (χ0n) is 14.8. The summed E-state index contributed by atoms with van der Waals surface area (Å²) in [5.41, 5.74) is 2.50. The van der Waals surface area contributed by atoms with E-state index in [4.69, 9.17) is 21.1 Å². The van der Waals surface area contributed by atoms with Gasteiger partial charge in [0.1, 0.15) is 0 Å². The summed E-state index contributed by atoms with van der Waals surface area (Å²) < 4.78 is 11.4. The maximum atomic E-state index is 12.3. The highest BCUT2D eigenvalue weighted by atomic mass is 79.9. The van der Waals surface area contributed by atoms with Gasteiger partial charge in [0.25, 0.3) is 5.91 Å². The van der Waals surface area contributed by atoms with Gasteiger partial charge in [0.15, 0.2) is 16.7 Å². The lowest BCUT2D eigenvalue weighted by atomic mass is 10.2. The van der Waals surface area contributed by atoms with Gasteiger partial charge in [-0.3, -0.25) is 4.79 Å². The van der Waals surface area contributed by atoms with Gasteiger partial charge in [-0.15, -0.1) is 0 Å². The fourth-order valence-electron chi connectivity index (χ4n) is 2.46. The lowest BCUT2D eigenvalue weighted by Crippen LogP contribution is -2.19. The van der Waals surface area contributed by atoms with Crippen molar-refractivity contribution in [3.8, 4) is 11.5 Å². The highest BCUT2D eigenvalue weighted by Gasteiger charge is 2.24. The van der Waals surface area contributed by atoms with Crippen LogP contribution in [0.5, 0.6) is 11.5 Å². The normalized spacial score (nSPS) is 16.7. The molecule has 0 bridgehead atoms. The van der Waals surface area contributed by atoms with Crippen LogP contribution in [0.4, 0.5) is 5.69 Å². The number of aryl methyl sites for hydroxylation is 1. The molecular formula is C19H16BrClN2O3S. The summed E-state index contributed by atoms with van der Waals surface area (Å²) >= 11 is 10.8. The number of carbonyl (C=O) groups excluding carboxylic acids is 1. The summed E-state index contributed by atoms with van der Waals surface area (Å²) in [5.74, 6) is 0.990. The van der Waals surface area contributed by atoms with Crippen LogP contribution in [-0.4, -0.2) is 25.3 Å². The minimum Gasteiger partial charge on any atom is -0.493 e. The maximum absolute atomic E-state index is 12.3. The number of thioether (sulfide) groups is 1. The second kappa shape index (κ2) is 8.37. The van der Waals surface area contributed by atoms with E-state index in [9.17, 15) is 4.79 Å². The molecule has 1 N–H and O–H groups in total. The summed E-state index contributed by atoms with van der Waals surface area (Å²) in [6, 6.07) is 9.04. The Morgan fingerprint density at radius 3 is 2.56 bits per heavy atom. The minimum atomic E-state index is -0.202. The zero-order valence-corrected chi connectivity index (χ0v) is 18.0. The topological polar surface area (TPSA) is 59.9 Å². The predicted molar refractivity (Wildman–Crippen MR) is 114 cm³/mol. The number of carbonyl (C=O) groups is 1. The van der Waals surface area contributed by atoms with Crippen LogP contribution in [0.3, 0.4) is 0 Å². The van der Waals surface area contributed by atoms with Gasteiger partial charge in [0.2, 0.25) is 0 Å². The number of nitrogens with zero attached hydrogens (tertiary/aromatic N) is 1. The number of halogens is 2. The van der Waals surface area contributed by atoms with Gasteiger partial charge in [-0.25, -0.2) is 4.99 Å². The fraction of sp³-hybridized carbons (Fsp3) is 0.158. The second-order valence-electron chi connectivity index (χ2n) is 5.64. The molecule has 0 saturated carbocycles. The molecule has 1 saturated heterocycles. The van der Waals surface area contributed by atoms with E-state index in [1.165, 1.54) is 11.8 Å². The van der Waals surface area contributed by atoms with Crippen LogP contribution in [0.25, 0.3) is 6.08 Å². The van der Waals surface area contributed by atoms with Gasteiger partial charge >= 0.3 is 0 Å². The molecule has 0 aromatic heterocycles. The molecule has 1 aliphatic rings. The summed E-state index contributed by atoms with van der Waals surface area (Å²) in [7, 11) is 3.14. The third-order valence-corrected chi connectivity index (χ3v) is 5.65. The average molecular weight is 468 g/mol. The quantitative estimate of drug-likeness (QED) is 0.618. The van der Waals surface area contributed by atoms with Crippen molar-refractivity contribution in [1.82, 2.24) is 5.32 Å². The highest BCUT2D eigenvalue weighted by molar-refractivity contribution is 9.10. The second-order valence-corrected chi connectivity index (χ2v) is 7.96. The molecule has 0 radical (unpaired) electrons.